The molecule has 0 spiro atoms. The van der Waals surface area contributed by atoms with Crippen molar-refractivity contribution in [3.63, 3.8) is 0 Å². The van der Waals surface area contributed by atoms with Crippen LogP contribution in [0.4, 0.5) is 10.2 Å². The maximum absolute atomic E-state index is 14.3. The minimum absolute atomic E-state index is 0.116. The predicted molar refractivity (Wildman–Crippen MR) is 69.4 cm³/mol. The van der Waals surface area contributed by atoms with Crippen molar-refractivity contribution < 1.29 is 4.39 Å². The van der Waals surface area contributed by atoms with Gasteiger partial charge in [-0.1, -0.05) is 0 Å². The van der Waals surface area contributed by atoms with Crippen molar-refractivity contribution in [2.75, 3.05) is 11.4 Å². The van der Waals surface area contributed by atoms with Gasteiger partial charge in [-0.25, -0.2) is 14.4 Å². The van der Waals surface area contributed by atoms with E-state index in [1.54, 1.807) is 20.0 Å². The molecule has 19 heavy (non-hydrogen) atoms. The van der Waals surface area contributed by atoms with Gasteiger partial charge in [0.05, 0.1) is 17.4 Å². The predicted octanol–water partition coefficient (Wildman–Crippen LogP) is 2.30. The molecule has 1 atom stereocenters. The number of halogens is 1. The number of nitrogens with one attached hydrogen (secondary N) is 1. The van der Waals surface area contributed by atoms with E-state index in [1.807, 2.05) is 11.0 Å². The lowest BCUT2D eigenvalue weighted by molar-refractivity contribution is 0.579. The maximum atomic E-state index is 14.3. The normalized spacial score (nSPS) is 19.1. The van der Waals surface area contributed by atoms with Gasteiger partial charge in [-0.05, 0) is 32.8 Å². The van der Waals surface area contributed by atoms with Crippen molar-refractivity contribution in [1.82, 2.24) is 20.2 Å². The Bertz CT molecular complexity index is 581. The summed E-state index contributed by atoms with van der Waals surface area (Å²) in [5.41, 5.74) is 1.41. The zero-order valence-corrected chi connectivity index (χ0v) is 11.0. The molecule has 0 amide bonds. The average molecular weight is 261 g/mol. The van der Waals surface area contributed by atoms with Crippen molar-refractivity contribution in [1.29, 1.82) is 0 Å². The average Bonchev–Trinajstić information content (AvgIpc) is 3.02. The summed E-state index contributed by atoms with van der Waals surface area (Å²) in [4.78, 5) is 10.3. The van der Waals surface area contributed by atoms with E-state index in [4.69, 9.17) is 0 Å². The minimum Gasteiger partial charge on any atom is -0.345 e. The smallest absolute Gasteiger partial charge is 0.186 e. The Kier molecular flexibility index (Phi) is 2.93. The molecule has 0 aromatic carbocycles. The highest BCUT2D eigenvalue weighted by molar-refractivity contribution is 5.45. The third-order valence-corrected chi connectivity index (χ3v) is 3.52. The Morgan fingerprint density at radius 3 is 2.95 bits per heavy atom. The first-order valence-electron chi connectivity index (χ1n) is 6.43. The van der Waals surface area contributed by atoms with Gasteiger partial charge in [0.15, 0.2) is 11.6 Å². The molecule has 0 saturated carbocycles. The fourth-order valence-corrected chi connectivity index (χ4v) is 2.67. The van der Waals surface area contributed by atoms with Gasteiger partial charge in [-0.2, -0.15) is 5.10 Å². The second kappa shape index (κ2) is 4.60. The quantitative estimate of drug-likeness (QED) is 0.901. The SMILES string of the molecule is Cc1nc(C)c(F)c(N2CCCC2c2ccn[nH]2)n1. The monoisotopic (exact) mass is 261 g/mol. The number of aromatic amines is 1. The third kappa shape index (κ3) is 2.07. The minimum atomic E-state index is -0.322. The molecule has 2 aromatic rings. The van der Waals surface area contributed by atoms with Gasteiger partial charge < -0.3 is 4.90 Å². The van der Waals surface area contributed by atoms with E-state index in [-0.39, 0.29) is 11.9 Å². The number of nitrogens with zero attached hydrogens (tertiary/aromatic N) is 4. The number of anilines is 1. The van der Waals surface area contributed by atoms with Crippen molar-refractivity contribution in [3.05, 3.63) is 35.3 Å². The van der Waals surface area contributed by atoms with E-state index in [9.17, 15) is 4.39 Å². The molecule has 1 N–H and O–H groups in total. The molecule has 1 aliphatic rings. The van der Waals surface area contributed by atoms with E-state index < -0.39 is 0 Å². The molecule has 0 radical (unpaired) electrons. The largest absolute Gasteiger partial charge is 0.345 e. The first kappa shape index (κ1) is 12.1. The second-order valence-electron chi connectivity index (χ2n) is 4.86. The molecule has 1 aliphatic heterocycles. The number of rotatable bonds is 2. The van der Waals surface area contributed by atoms with Crippen LogP contribution in [-0.4, -0.2) is 26.7 Å². The van der Waals surface area contributed by atoms with Gasteiger partial charge in [0, 0.05) is 12.7 Å². The van der Waals surface area contributed by atoms with Gasteiger partial charge in [0.25, 0.3) is 0 Å². The summed E-state index contributed by atoms with van der Waals surface area (Å²) in [5, 5.41) is 6.94. The summed E-state index contributed by atoms with van der Waals surface area (Å²) in [6.45, 7) is 4.27. The first-order chi connectivity index (χ1) is 9.16. The van der Waals surface area contributed by atoms with Gasteiger partial charge in [-0.3, -0.25) is 5.10 Å². The van der Waals surface area contributed by atoms with Crippen LogP contribution in [0.2, 0.25) is 0 Å². The Morgan fingerprint density at radius 2 is 2.21 bits per heavy atom. The Morgan fingerprint density at radius 1 is 1.37 bits per heavy atom. The zero-order chi connectivity index (χ0) is 13.4. The van der Waals surface area contributed by atoms with E-state index in [0.29, 0.717) is 17.3 Å². The molecule has 3 heterocycles. The number of hydrogen-bond acceptors (Lipinski definition) is 4. The number of H-pyrrole nitrogens is 1. The lowest BCUT2D eigenvalue weighted by Crippen LogP contribution is -2.26. The highest BCUT2D eigenvalue weighted by Gasteiger charge is 2.30. The standard InChI is InChI=1S/C13H16FN5/c1-8-12(14)13(17-9(2)16-8)19-7-3-4-11(19)10-5-6-15-18-10/h5-6,11H,3-4,7H2,1-2H3,(H,15,18). The zero-order valence-electron chi connectivity index (χ0n) is 11.0. The van der Waals surface area contributed by atoms with E-state index in [0.717, 1.165) is 25.1 Å². The summed E-state index contributed by atoms with van der Waals surface area (Å²) >= 11 is 0. The molecule has 2 aromatic heterocycles. The molecule has 1 fully saturated rings. The van der Waals surface area contributed by atoms with Gasteiger partial charge in [0.2, 0.25) is 0 Å². The van der Waals surface area contributed by atoms with Crippen LogP contribution >= 0.6 is 0 Å². The van der Waals surface area contributed by atoms with Crippen LogP contribution < -0.4 is 4.90 Å². The van der Waals surface area contributed by atoms with Crippen LogP contribution in [0, 0.1) is 19.7 Å². The Balaban J connectivity index is 2.01. The molecule has 3 rings (SSSR count). The highest BCUT2D eigenvalue weighted by Crippen LogP contribution is 2.35. The molecule has 1 saturated heterocycles. The van der Waals surface area contributed by atoms with Crippen LogP contribution in [0.15, 0.2) is 12.3 Å². The van der Waals surface area contributed by atoms with Crippen molar-refractivity contribution >= 4 is 5.82 Å². The van der Waals surface area contributed by atoms with Crippen LogP contribution in [0.1, 0.15) is 36.1 Å². The summed E-state index contributed by atoms with van der Waals surface area (Å²) < 4.78 is 14.3. The molecule has 5 nitrogen and oxygen atoms in total. The number of aryl methyl sites for hydroxylation is 2. The van der Waals surface area contributed by atoms with Crippen molar-refractivity contribution in [2.24, 2.45) is 0 Å². The molecular formula is C13H16FN5. The molecule has 1 unspecified atom stereocenters. The van der Waals surface area contributed by atoms with Crippen LogP contribution in [0.25, 0.3) is 0 Å². The van der Waals surface area contributed by atoms with Gasteiger partial charge in [0.1, 0.15) is 5.82 Å². The third-order valence-electron chi connectivity index (χ3n) is 3.52. The van der Waals surface area contributed by atoms with E-state index >= 15 is 0 Å². The maximum Gasteiger partial charge on any atom is 0.186 e. The number of aromatic nitrogens is 4. The van der Waals surface area contributed by atoms with Crippen molar-refractivity contribution in [2.45, 2.75) is 32.7 Å². The Labute approximate surface area is 110 Å². The Hall–Kier alpha value is -1.98. The van der Waals surface area contributed by atoms with E-state index in [1.165, 1.54) is 0 Å². The summed E-state index contributed by atoms with van der Waals surface area (Å²) in [7, 11) is 0. The fourth-order valence-electron chi connectivity index (χ4n) is 2.67. The molecule has 0 bridgehead atoms. The molecular weight excluding hydrogens is 245 g/mol. The van der Waals surface area contributed by atoms with Gasteiger partial charge >= 0.3 is 0 Å². The lowest BCUT2D eigenvalue weighted by Gasteiger charge is -2.25. The topological polar surface area (TPSA) is 57.7 Å². The van der Waals surface area contributed by atoms with Gasteiger partial charge in [-0.15, -0.1) is 0 Å². The van der Waals surface area contributed by atoms with Crippen LogP contribution in [0.5, 0.6) is 0 Å². The lowest BCUT2D eigenvalue weighted by atomic mass is 10.1. The molecule has 100 valence electrons. The van der Waals surface area contributed by atoms with E-state index in [2.05, 4.69) is 20.2 Å². The first-order valence-corrected chi connectivity index (χ1v) is 6.43. The summed E-state index contributed by atoms with van der Waals surface area (Å²) in [5.74, 6) is 0.684. The second-order valence-corrected chi connectivity index (χ2v) is 4.86. The summed E-state index contributed by atoms with van der Waals surface area (Å²) in [6.07, 6.45) is 3.72. The summed E-state index contributed by atoms with van der Waals surface area (Å²) in [6, 6.07) is 2.05. The fraction of sp³-hybridized carbons (Fsp3) is 0.462. The van der Waals surface area contributed by atoms with Crippen molar-refractivity contribution in [3.8, 4) is 0 Å². The number of hydrogen-bond donors (Lipinski definition) is 1. The molecule has 0 aliphatic carbocycles. The van der Waals surface area contributed by atoms with Crippen LogP contribution in [-0.2, 0) is 0 Å². The highest BCUT2D eigenvalue weighted by atomic mass is 19.1. The molecule has 6 heteroatoms. The van der Waals surface area contributed by atoms with Crippen LogP contribution in [0.3, 0.4) is 0 Å².